The lowest BCUT2D eigenvalue weighted by molar-refractivity contribution is 0.108. The summed E-state index contributed by atoms with van der Waals surface area (Å²) in [5.41, 5.74) is 0.847. The van der Waals surface area contributed by atoms with E-state index in [1.807, 2.05) is 0 Å². The molecule has 3 nitrogen and oxygen atoms in total. The number of nitrogens with one attached hydrogen (secondary N) is 1. The first-order valence-electron chi connectivity index (χ1n) is 6.14. The minimum Gasteiger partial charge on any atom is -0.378 e. The number of aromatic nitrogens is 1. The van der Waals surface area contributed by atoms with Crippen molar-refractivity contribution in [1.82, 2.24) is 4.98 Å². The van der Waals surface area contributed by atoms with Gasteiger partial charge in [0.1, 0.15) is 5.82 Å². The van der Waals surface area contributed by atoms with Gasteiger partial charge >= 0.3 is 0 Å². The second-order valence-corrected chi connectivity index (χ2v) is 5.67. The molecule has 0 radical (unpaired) electrons. The molecule has 2 atom stereocenters. The van der Waals surface area contributed by atoms with Crippen LogP contribution < -0.4 is 5.32 Å². The summed E-state index contributed by atoms with van der Waals surface area (Å²) in [6.07, 6.45) is 1.40. The van der Waals surface area contributed by atoms with Crippen molar-refractivity contribution in [2.24, 2.45) is 5.92 Å². The third kappa shape index (κ3) is 2.33. The van der Waals surface area contributed by atoms with Gasteiger partial charge in [0.15, 0.2) is 5.13 Å². The van der Waals surface area contributed by atoms with Crippen LogP contribution in [-0.2, 0) is 4.74 Å². The number of ether oxygens (including phenoxy) is 1. The predicted octanol–water partition coefficient (Wildman–Crippen LogP) is 3.27. The number of benzene rings is 1. The average molecular weight is 266 g/mol. The van der Waals surface area contributed by atoms with Gasteiger partial charge in [0, 0.05) is 19.1 Å². The molecule has 1 aliphatic heterocycles. The number of fused-ring (bicyclic) bond motifs is 1. The highest BCUT2D eigenvalue weighted by Crippen LogP contribution is 2.27. The maximum atomic E-state index is 13.1. The molecule has 0 spiro atoms. The van der Waals surface area contributed by atoms with Crippen LogP contribution in [0.4, 0.5) is 9.52 Å². The van der Waals surface area contributed by atoms with E-state index in [-0.39, 0.29) is 5.82 Å². The van der Waals surface area contributed by atoms with Crippen molar-refractivity contribution in [2.75, 3.05) is 18.5 Å². The molecule has 0 aliphatic carbocycles. The van der Waals surface area contributed by atoms with Crippen molar-refractivity contribution >= 4 is 26.7 Å². The van der Waals surface area contributed by atoms with E-state index < -0.39 is 0 Å². The zero-order chi connectivity index (χ0) is 12.5. The highest BCUT2D eigenvalue weighted by atomic mass is 32.1. The highest BCUT2D eigenvalue weighted by molar-refractivity contribution is 7.22. The Balaban J connectivity index is 1.71. The smallest absolute Gasteiger partial charge is 0.183 e. The lowest BCUT2D eigenvalue weighted by Crippen LogP contribution is -2.20. The minimum atomic E-state index is -0.212. The maximum Gasteiger partial charge on any atom is 0.183 e. The van der Waals surface area contributed by atoms with Crippen LogP contribution in [0.15, 0.2) is 18.2 Å². The number of rotatable bonds is 3. The molecular weight excluding hydrogens is 251 g/mol. The van der Waals surface area contributed by atoms with Gasteiger partial charge in [-0.25, -0.2) is 9.37 Å². The molecule has 0 bridgehead atoms. The highest BCUT2D eigenvalue weighted by Gasteiger charge is 2.24. The molecule has 18 heavy (non-hydrogen) atoms. The first-order valence-corrected chi connectivity index (χ1v) is 6.95. The van der Waals surface area contributed by atoms with Gasteiger partial charge in [-0.2, -0.15) is 0 Å². The number of anilines is 1. The van der Waals surface area contributed by atoms with Gasteiger partial charge in [0.25, 0.3) is 0 Å². The third-order valence-electron chi connectivity index (χ3n) is 3.40. The minimum absolute atomic E-state index is 0.212. The molecule has 5 heteroatoms. The monoisotopic (exact) mass is 266 g/mol. The van der Waals surface area contributed by atoms with Crippen LogP contribution in [0, 0.1) is 11.7 Å². The summed E-state index contributed by atoms with van der Waals surface area (Å²) >= 11 is 1.49. The van der Waals surface area contributed by atoms with E-state index in [4.69, 9.17) is 4.74 Å². The van der Waals surface area contributed by atoms with Crippen LogP contribution in [-0.4, -0.2) is 24.2 Å². The topological polar surface area (TPSA) is 34.1 Å². The number of hydrogen-bond donors (Lipinski definition) is 1. The van der Waals surface area contributed by atoms with Crippen LogP contribution in [0.5, 0.6) is 0 Å². The van der Waals surface area contributed by atoms with Crippen molar-refractivity contribution in [1.29, 1.82) is 0 Å². The Hall–Kier alpha value is -1.20. The Morgan fingerprint density at radius 3 is 3.22 bits per heavy atom. The van der Waals surface area contributed by atoms with Crippen molar-refractivity contribution in [3.63, 3.8) is 0 Å². The van der Waals surface area contributed by atoms with Gasteiger partial charge in [-0.15, -0.1) is 0 Å². The standard InChI is InChI=1S/C13H15FN2OS/c1-8-9(4-5-17-8)7-15-13-16-11-3-2-10(14)6-12(11)18-13/h2-3,6,8-9H,4-5,7H2,1H3,(H,15,16). The molecule has 2 unspecified atom stereocenters. The summed E-state index contributed by atoms with van der Waals surface area (Å²) in [6.45, 7) is 3.81. The molecule has 1 N–H and O–H groups in total. The molecular formula is C13H15FN2OS. The molecule has 0 amide bonds. The third-order valence-corrected chi connectivity index (χ3v) is 4.38. The van der Waals surface area contributed by atoms with E-state index in [0.29, 0.717) is 12.0 Å². The normalized spacial score (nSPS) is 23.7. The average Bonchev–Trinajstić information content (AvgIpc) is 2.92. The first-order chi connectivity index (χ1) is 8.72. The van der Waals surface area contributed by atoms with E-state index >= 15 is 0 Å². The summed E-state index contributed by atoms with van der Waals surface area (Å²) in [5, 5.41) is 4.19. The van der Waals surface area contributed by atoms with Crippen molar-refractivity contribution < 1.29 is 9.13 Å². The number of halogens is 1. The fourth-order valence-electron chi connectivity index (χ4n) is 2.24. The van der Waals surface area contributed by atoms with Gasteiger partial charge in [-0.3, -0.25) is 0 Å². The van der Waals surface area contributed by atoms with Crippen molar-refractivity contribution in [2.45, 2.75) is 19.4 Å². The zero-order valence-corrected chi connectivity index (χ0v) is 11.0. The number of thiazole rings is 1. The second-order valence-electron chi connectivity index (χ2n) is 4.64. The van der Waals surface area contributed by atoms with Crippen molar-refractivity contribution in [3.05, 3.63) is 24.0 Å². The first kappa shape index (κ1) is 11.9. The Bertz CT molecular complexity index is 557. The Labute approximate surface area is 109 Å². The Morgan fingerprint density at radius 2 is 2.44 bits per heavy atom. The largest absolute Gasteiger partial charge is 0.378 e. The molecule has 0 saturated carbocycles. The number of hydrogen-bond acceptors (Lipinski definition) is 4. The van der Waals surface area contributed by atoms with Gasteiger partial charge in [-0.1, -0.05) is 11.3 Å². The number of nitrogens with zero attached hydrogens (tertiary/aromatic N) is 1. The van der Waals surface area contributed by atoms with Crippen LogP contribution >= 0.6 is 11.3 Å². The van der Waals surface area contributed by atoms with Gasteiger partial charge in [0.2, 0.25) is 0 Å². The molecule has 96 valence electrons. The quantitative estimate of drug-likeness (QED) is 0.925. The summed E-state index contributed by atoms with van der Waals surface area (Å²) in [5.74, 6) is 0.323. The van der Waals surface area contributed by atoms with Gasteiger partial charge < -0.3 is 10.1 Å². The van der Waals surface area contributed by atoms with E-state index in [1.54, 1.807) is 6.07 Å². The van der Waals surface area contributed by atoms with Crippen LogP contribution in [0.1, 0.15) is 13.3 Å². The Morgan fingerprint density at radius 1 is 1.56 bits per heavy atom. The molecule has 2 aromatic rings. The van der Waals surface area contributed by atoms with E-state index in [9.17, 15) is 4.39 Å². The van der Waals surface area contributed by atoms with Gasteiger partial charge in [-0.05, 0) is 31.5 Å². The summed E-state index contributed by atoms with van der Waals surface area (Å²) in [4.78, 5) is 4.44. The molecule has 1 aromatic carbocycles. The summed E-state index contributed by atoms with van der Waals surface area (Å²) < 4.78 is 19.5. The Kier molecular flexibility index (Phi) is 3.18. The van der Waals surface area contributed by atoms with Crippen LogP contribution in [0.3, 0.4) is 0 Å². The van der Waals surface area contributed by atoms with Crippen LogP contribution in [0.25, 0.3) is 10.2 Å². The SMILES string of the molecule is CC1OCCC1CNc1nc2ccc(F)cc2s1. The lowest BCUT2D eigenvalue weighted by atomic mass is 10.0. The lowest BCUT2D eigenvalue weighted by Gasteiger charge is -2.13. The van der Waals surface area contributed by atoms with Gasteiger partial charge in [0.05, 0.1) is 16.3 Å². The van der Waals surface area contributed by atoms with E-state index in [0.717, 1.165) is 34.9 Å². The van der Waals surface area contributed by atoms with E-state index in [1.165, 1.54) is 23.5 Å². The zero-order valence-electron chi connectivity index (χ0n) is 10.1. The van der Waals surface area contributed by atoms with Crippen LogP contribution in [0.2, 0.25) is 0 Å². The second kappa shape index (κ2) is 4.82. The molecule has 3 rings (SSSR count). The molecule has 1 aliphatic rings. The molecule has 1 saturated heterocycles. The fraction of sp³-hybridized carbons (Fsp3) is 0.462. The summed E-state index contributed by atoms with van der Waals surface area (Å²) in [7, 11) is 0. The maximum absolute atomic E-state index is 13.1. The fourth-order valence-corrected chi connectivity index (χ4v) is 3.13. The summed E-state index contributed by atoms with van der Waals surface area (Å²) in [6, 6.07) is 4.69. The van der Waals surface area contributed by atoms with E-state index in [2.05, 4.69) is 17.2 Å². The van der Waals surface area contributed by atoms with Crippen molar-refractivity contribution in [3.8, 4) is 0 Å². The predicted molar refractivity (Wildman–Crippen MR) is 71.6 cm³/mol. The molecule has 2 heterocycles. The molecule has 1 fully saturated rings. The molecule has 1 aromatic heterocycles.